The number of hydrogen-bond donors (Lipinski definition) is 2. The third-order valence-electron chi connectivity index (χ3n) is 3.86. The molecule has 2 aliphatic rings. The van der Waals surface area contributed by atoms with Crippen LogP contribution in [0.1, 0.15) is 31.4 Å². The largest absolute Gasteiger partial charge is 0.382 e. The zero-order chi connectivity index (χ0) is 13.5. The van der Waals surface area contributed by atoms with Gasteiger partial charge < -0.3 is 5.11 Å². The van der Waals surface area contributed by atoms with Crippen molar-refractivity contribution < 1.29 is 13.5 Å². The lowest BCUT2D eigenvalue weighted by Gasteiger charge is -2.37. The molecule has 1 aliphatic heterocycles. The van der Waals surface area contributed by atoms with E-state index in [1.807, 2.05) is 0 Å². The lowest BCUT2D eigenvalue weighted by Crippen LogP contribution is -2.49. The van der Waals surface area contributed by atoms with E-state index in [0.717, 1.165) is 12.8 Å². The first kappa shape index (κ1) is 13.0. The van der Waals surface area contributed by atoms with E-state index in [9.17, 15) is 13.5 Å². The first-order valence-electron chi connectivity index (χ1n) is 6.56. The van der Waals surface area contributed by atoms with E-state index in [1.165, 1.54) is 10.5 Å². The number of rotatable bonds is 4. The number of nitrogens with zero attached hydrogens (tertiary/aromatic N) is 3. The minimum absolute atomic E-state index is 0.0780. The van der Waals surface area contributed by atoms with Crippen LogP contribution >= 0.6 is 0 Å². The Morgan fingerprint density at radius 3 is 2.95 bits per heavy atom. The molecule has 1 saturated heterocycles. The molecular formula is C11H18N4O3S. The Morgan fingerprint density at radius 2 is 2.32 bits per heavy atom. The van der Waals surface area contributed by atoms with Crippen LogP contribution in [0.3, 0.4) is 0 Å². The predicted molar refractivity (Wildman–Crippen MR) is 67.6 cm³/mol. The van der Waals surface area contributed by atoms with E-state index in [0.29, 0.717) is 31.0 Å². The Bertz CT molecular complexity index is 540. The van der Waals surface area contributed by atoms with E-state index in [2.05, 4.69) is 15.4 Å². The van der Waals surface area contributed by atoms with Gasteiger partial charge in [0, 0.05) is 13.1 Å². The van der Waals surface area contributed by atoms with Crippen molar-refractivity contribution in [2.45, 2.75) is 31.3 Å². The summed E-state index contributed by atoms with van der Waals surface area (Å²) in [5.74, 6) is 0.522. The fourth-order valence-corrected chi connectivity index (χ4v) is 4.52. The SMILES string of the molecule is O=S(=O)(CC1CC1)N1CCCC(O)(c2cn[nH]n2)C1. The molecule has 8 heteroatoms. The van der Waals surface area contributed by atoms with Crippen LogP contribution in [0.2, 0.25) is 0 Å². The number of hydrogen-bond acceptors (Lipinski definition) is 5. The molecule has 19 heavy (non-hydrogen) atoms. The van der Waals surface area contributed by atoms with Crippen molar-refractivity contribution in [2.24, 2.45) is 5.92 Å². The zero-order valence-corrected chi connectivity index (χ0v) is 11.4. The molecule has 1 aromatic rings. The highest BCUT2D eigenvalue weighted by Crippen LogP contribution is 2.34. The molecular weight excluding hydrogens is 268 g/mol. The van der Waals surface area contributed by atoms with Crippen LogP contribution < -0.4 is 0 Å². The molecule has 0 radical (unpaired) electrons. The van der Waals surface area contributed by atoms with Gasteiger partial charge in [-0.2, -0.15) is 19.7 Å². The fourth-order valence-electron chi connectivity index (χ4n) is 2.56. The molecule has 0 amide bonds. The predicted octanol–water partition coefficient (Wildman–Crippen LogP) is -0.172. The molecule has 7 nitrogen and oxygen atoms in total. The lowest BCUT2D eigenvalue weighted by molar-refractivity contribution is -0.0161. The summed E-state index contributed by atoms with van der Waals surface area (Å²) in [5, 5.41) is 20.6. The van der Waals surface area contributed by atoms with E-state index in [1.54, 1.807) is 0 Å². The normalized spacial score (nSPS) is 29.5. The minimum Gasteiger partial charge on any atom is -0.382 e. The molecule has 1 aromatic heterocycles. The molecule has 0 bridgehead atoms. The summed E-state index contributed by atoms with van der Waals surface area (Å²) in [6.07, 6.45) is 4.60. The van der Waals surface area contributed by atoms with Gasteiger partial charge in [-0.3, -0.25) is 0 Å². The average Bonchev–Trinajstić information content (AvgIpc) is 2.97. The summed E-state index contributed by atoms with van der Waals surface area (Å²) >= 11 is 0. The second-order valence-corrected chi connectivity index (χ2v) is 7.56. The molecule has 1 atom stereocenters. The van der Waals surface area contributed by atoms with Crippen molar-refractivity contribution in [2.75, 3.05) is 18.8 Å². The fraction of sp³-hybridized carbons (Fsp3) is 0.818. The zero-order valence-electron chi connectivity index (χ0n) is 10.6. The van der Waals surface area contributed by atoms with Crippen LogP contribution in [0, 0.1) is 5.92 Å². The highest BCUT2D eigenvalue weighted by atomic mass is 32.2. The summed E-state index contributed by atoms with van der Waals surface area (Å²) in [4.78, 5) is 0. The highest BCUT2D eigenvalue weighted by Gasteiger charge is 2.42. The number of nitrogens with one attached hydrogen (secondary N) is 1. The standard InChI is InChI=1S/C11H18N4O3S/c16-11(10-6-12-14-13-10)4-1-5-15(8-11)19(17,18)7-9-2-3-9/h6,9,16H,1-5,7-8H2,(H,12,13,14). The second kappa shape index (κ2) is 4.53. The van der Waals surface area contributed by atoms with Crippen LogP contribution in [0.5, 0.6) is 0 Å². The van der Waals surface area contributed by atoms with Crippen molar-refractivity contribution in [3.05, 3.63) is 11.9 Å². The van der Waals surface area contributed by atoms with Crippen molar-refractivity contribution in [1.29, 1.82) is 0 Å². The van der Waals surface area contributed by atoms with Crippen molar-refractivity contribution in [1.82, 2.24) is 19.7 Å². The molecule has 1 saturated carbocycles. The van der Waals surface area contributed by atoms with Crippen molar-refractivity contribution >= 4 is 10.0 Å². The molecule has 2 heterocycles. The van der Waals surface area contributed by atoms with Crippen molar-refractivity contribution in [3.8, 4) is 0 Å². The van der Waals surface area contributed by atoms with Gasteiger partial charge in [-0.25, -0.2) is 8.42 Å². The summed E-state index contributed by atoms with van der Waals surface area (Å²) in [5.41, 5.74) is -0.805. The van der Waals surface area contributed by atoms with Gasteiger partial charge in [-0.15, -0.1) is 0 Å². The molecule has 0 aromatic carbocycles. The molecule has 2 N–H and O–H groups in total. The topological polar surface area (TPSA) is 99.2 Å². The van der Waals surface area contributed by atoms with E-state index in [-0.39, 0.29) is 12.3 Å². The summed E-state index contributed by atoms with van der Waals surface area (Å²) in [6, 6.07) is 0. The summed E-state index contributed by atoms with van der Waals surface area (Å²) < 4.78 is 25.9. The molecule has 1 aliphatic carbocycles. The average molecular weight is 286 g/mol. The van der Waals surface area contributed by atoms with Crippen LogP contribution in [0.25, 0.3) is 0 Å². The maximum atomic E-state index is 12.3. The van der Waals surface area contributed by atoms with Gasteiger partial charge in [-0.05, 0) is 31.6 Å². The Labute approximate surface area is 112 Å². The van der Waals surface area contributed by atoms with E-state index < -0.39 is 15.6 Å². The quantitative estimate of drug-likeness (QED) is 0.800. The summed E-state index contributed by atoms with van der Waals surface area (Å²) in [7, 11) is -3.27. The lowest BCUT2D eigenvalue weighted by atomic mass is 9.91. The molecule has 3 rings (SSSR count). The number of β-amino-alcohol motifs (C(OH)–C–C–N with tert-alkyl or cyclic N) is 1. The maximum Gasteiger partial charge on any atom is 0.214 e. The number of sulfonamides is 1. The monoisotopic (exact) mass is 286 g/mol. The smallest absolute Gasteiger partial charge is 0.214 e. The van der Waals surface area contributed by atoms with Crippen LogP contribution in [-0.2, 0) is 15.6 Å². The van der Waals surface area contributed by atoms with Gasteiger partial charge >= 0.3 is 0 Å². The summed E-state index contributed by atoms with van der Waals surface area (Å²) in [6.45, 7) is 0.559. The Balaban J connectivity index is 1.77. The number of piperidine rings is 1. The van der Waals surface area contributed by atoms with E-state index in [4.69, 9.17) is 0 Å². The maximum absolute atomic E-state index is 12.3. The highest BCUT2D eigenvalue weighted by molar-refractivity contribution is 7.89. The first-order chi connectivity index (χ1) is 9.00. The van der Waals surface area contributed by atoms with Crippen molar-refractivity contribution in [3.63, 3.8) is 0 Å². The van der Waals surface area contributed by atoms with Crippen LogP contribution in [0.4, 0.5) is 0 Å². The molecule has 2 fully saturated rings. The van der Waals surface area contributed by atoms with Crippen LogP contribution in [-0.4, -0.2) is 52.1 Å². The molecule has 106 valence electrons. The Morgan fingerprint density at radius 1 is 1.53 bits per heavy atom. The Kier molecular flexibility index (Phi) is 3.11. The van der Waals surface area contributed by atoms with E-state index >= 15 is 0 Å². The van der Waals surface area contributed by atoms with Gasteiger partial charge in [0.2, 0.25) is 10.0 Å². The first-order valence-corrected chi connectivity index (χ1v) is 8.17. The number of aliphatic hydroxyl groups is 1. The third kappa shape index (κ3) is 2.65. The number of aromatic nitrogens is 3. The number of H-pyrrole nitrogens is 1. The number of aromatic amines is 1. The molecule has 1 unspecified atom stereocenters. The van der Waals surface area contributed by atoms with Gasteiger partial charge in [0.1, 0.15) is 11.3 Å². The van der Waals surface area contributed by atoms with Gasteiger partial charge in [0.25, 0.3) is 0 Å². The van der Waals surface area contributed by atoms with Gasteiger partial charge in [0.15, 0.2) is 0 Å². The molecule has 0 spiro atoms. The van der Waals surface area contributed by atoms with Crippen LogP contribution in [0.15, 0.2) is 6.20 Å². The Hall–Kier alpha value is -0.990. The van der Waals surface area contributed by atoms with Gasteiger partial charge in [-0.1, -0.05) is 0 Å². The third-order valence-corrected chi connectivity index (χ3v) is 5.86. The van der Waals surface area contributed by atoms with Gasteiger partial charge in [0.05, 0.1) is 11.9 Å². The second-order valence-electron chi connectivity index (χ2n) is 5.55. The minimum atomic E-state index is -3.27.